The van der Waals surface area contributed by atoms with Crippen molar-refractivity contribution in [1.82, 2.24) is 0 Å². The highest BCUT2D eigenvalue weighted by atomic mass is 32.1. The van der Waals surface area contributed by atoms with E-state index in [0.717, 1.165) is 111 Å². The number of para-hydroxylation sites is 3. The van der Waals surface area contributed by atoms with Crippen molar-refractivity contribution < 1.29 is 13.3 Å². The maximum Gasteiger partial charge on any atom is 0.137 e. The molecule has 4 aromatic heterocycles. The monoisotopic (exact) mass is 1650 g/mol. The van der Waals surface area contributed by atoms with E-state index in [1.54, 1.807) is 0 Å². The number of thiophene rings is 1. The van der Waals surface area contributed by atoms with E-state index < -0.39 is 10.8 Å². The van der Waals surface area contributed by atoms with Gasteiger partial charge in [-0.2, -0.15) is 0 Å². The van der Waals surface area contributed by atoms with Gasteiger partial charge in [-0.15, -0.1) is 11.3 Å². The molecule has 20 aromatic carbocycles. The molecule has 128 heavy (non-hydrogen) atoms. The minimum absolute atomic E-state index is 0.429. The number of hydrogen-bond donors (Lipinski definition) is 0. The lowest BCUT2D eigenvalue weighted by molar-refractivity contribution is 0.668. The SMILES string of the molecule is c1ccc(C2(c3cccc(-c4ccc(-c5ccc(N(c6ccc7c(c6)oc6ccccc67)c6ccc7c(c6)oc6ccccc67)cc5)cc4)c3)c3ccccc3-c3ccccc32)cc1.c1ccc(C2(c3cccc(-c4ccc(-c5ccc(N(c6ccc7c(c6)oc6ccccc67)c6ccc7c(c6)sc6ccccc67)cc5)cc4)c3)c3ccccc3-c3ccccc32)cc1. The van der Waals surface area contributed by atoms with Crippen LogP contribution in [0.2, 0.25) is 0 Å². The predicted octanol–water partition coefficient (Wildman–Crippen LogP) is 33.8. The first-order valence-electron chi connectivity index (χ1n) is 43.8. The van der Waals surface area contributed by atoms with Crippen molar-refractivity contribution in [1.29, 1.82) is 0 Å². The van der Waals surface area contributed by atoms with Crippen molar-refractivity contribution >= 4 is 131 Å². The van der Waals surface area contributed by atoms with Crippen LogP contribution in [0.5, 0.6) is 0 Å². The van der Waals surface area contributed by atoms with Gasteiger partial charge in [-0.05, 0) is 220 Å². The zero-order valence-electron chi connectivity index (χ0n) is 69.6. The fourth-order valence-corrected chi connectivity index (χ4v) is 22.1. The summed E-state index contributed by atoms with van der Waals surface area (Å²) in [4.78, 5) is 4.63. The third kappa shape index (κ3) is 12.0. The molecule has 4 heterocycles. The summed E-state index contributed by atoms with van der Waals surface area (Å²) < 4.78 is 21.7. The molecule has 0 atom stereocenters. The normalized spacial score (nSPS) is 12.8. The fraction of sp³-hybridized carbons (Fsp3) is 0.0164. The Morgan fingerprint density at radius 1 is 0.164 bits per heavy atom. The molecule has 0 saturated carbocycles. The number of hydrogen-bond acceptors (Lipinski definition) is 6. The van der Waals surface area contributed by atoms with Gasteiger partial charge >= 0.3 is 0 Å². The Balaban J connectivity index is 0.000000139. The van der Waals surface area contributed by atoms with Crippen LogP contribution in [0, 0.1) is 0 Å². The topological polar surface area (TPSA) is 45.9 Å². The highest BCUT2D eigenvalue weighted by molar-refractivity contribution is 7.25. The zero-order chi connectivity index (χ0) is 84.4. The van der Waals surface area contributed by atoms with Crippen molar-refractivity contribution in [2.45, 2.75) is 10.8 Å². The molecule has 0 aliphatic heterocycles. The summed E-state index contributed by atoms with van der Waals surface area (Å²) in [5, 5.41) is 9.26. The average molecular weight is 1650 g/mol. The predicted molar refractivity (Wildman–Crippen MR) is 533 cm³/mol. The Kier molecular flexibility index (Phi) is 17.6. The summed E-state index contributed by atoms with van der Waals surface area (Å²) in [6.07, 6.45) is 0. The lowest BCUT2D eigenvalue weighted by Gasteiger charge is -2.34. The van der Waals surface area contributed by atoms with Gasteiger partial charge in [-0.1, -0.05) is 346 Å². The minimum Gasteiger partial charge on any atom is -0.456 e. The molecule has 6 heteroatoms. The first-order valence-corrected chi connectivity index (χ1v) is 44.6. The van der Waals surface area contributed by atoms with Gasteiger partial charge in [-0.3, -0.25) is 0 Å². The van der Waals surface area contributed by atoms with E-state index >= 15 is 0 Å². The second-order valence-electron chi connectivity index (χ2n) is 33.6. The van der Waals surface area contributed by atoms with E-state index in [0.29, 0.717) is 0 Å². The van der Waals surface area contributed by atoms with Gasteiger partial charge in [0.2, 0.25) is 0 Å². The Hall–Kier alpha value is -16.4. The van der Waals surface area contributed by atoms with Crippen molar-refractivity contribution in [3.8, 4) is 66.8 Å². The van der Waals surface area contributed by atoms with Crippen LogP contribution in [0.25, 0.3) is 153 Å². The van der Waals surface area contributed by atoms with Gasteiger partial charge in [0.05, 0.1) is 10.8 Å². The molecular weight excluding hydrogens is 1570 g/mol. The first-order chi connectivity index (χ1) is 63.4. The maximum atomic E-state index is 6.40. The van der Waals surface area contributed by atoms with Crippen molar-refractivity contribution in [2.75, 3.05) is 9.80 Å². The van der Waals surface area contributed by atoms with Crippen LogP contribution in [0.1, 0.15) is 44.5 Å². The smallest absolute Gasteiger partial charge is 0.137 e. The summed E-state index contributed by atoms with van der Waals surface area (Å²) in [6, 6.07) is 172. The molecule has 24 aromatic rings. The average Bonchev–Trinajstić information content (AvgIpc) is 1.54. The van der Waals surface area contributed by atoms with E-state index in [2.05, 4.69) is 447 Å². The number of fused-ring (bicyclic) bond motifs is 18. The largest absolute Gasteiger partial charge is 0.456 e. The molecular formula is C122H78N2O3S. The molecule has 0 spiro atoms. The van der Waals surface area contributed by atoms with Crippen LogP contribution < -0.4 is 9.80 Å². The third-order valence-electron chi connectivity index (χ3n) is 26.7. The second-order valence-corrected chi connectivity index (χ2v) is 34.7. The third-order valence-corrected chi connectivity index (χ3v) is 27.9. The van der Waals surface area contributed by atoms with E-state index in [-0.39, 0.29) is 0 Å². The fourth-order valence-electron chi connectivity index (χ4n) is 20.9. The Bertz CT molecular complexity index is 7630. The molecule has 0 N–H and O–H groups in total. The summed E-state index contributed by atoms with van der Waals surface area (Å²) >= 11 is 1.84. The van der Waals surface area contributed by atoms with E-state index in [1.807, 2.05) is 47.7 Å². The molecule has 2 aliphatic rings. The van der Waals surface area contributed by atoms with Crippen LogP contribution in [-0.2, 0) is 10.8 Å². The van der Waals surface area contributed by atoms with E-state index in [9.17, 15) is 0 Å². The molecule has 600 valence electrons. The highest BCUT2D eigenvalue weighted by Gasteiger charge is 2.48. The molecule has 0 bridgehead atoms. The summed E-state index contributed by atoms with van der Waals surface area (Å²) in [5.41, 5.74) is 35.6. The molecule has 0 fully saturated rings. The summed E-state index contributed by atoms with van der Waals surface area (Å²) in [7, 11) is 0. The summed E-state index contributed by atoms with van der Waals surface area (Å²) in [6.45, 7) is 0. The highest BCUT2D eigenvalue weighted by Crippen LogP contribution is 2.59. The Labute approximate surface area is 744 Å². The molecule has 0 saturated heterocycles. The van der Waals surface area contributed by atoms with E-state index in [1.165, 1.54) is 120 Å². The van der Waals surface area contributed by atoms with Gasteiger partial charge in [-0.25, -0.2) is 0 Å². The van der Waals surface area contributed by atoms with Crippen LogP contribution in [0.15, 0.2) is 486 Å². The van der Waals surface area contributed by atoms with Gasteiger partial charge in [0.1, 0.15) is 33.5 Å². The van der Waals surface area contributed by atoms with Gasteiger partial charge in [0.15, 0.2) is 0 Å². The molecule has 0 amide bonds. The maximum absolute atomic E-state index is 6.40. The molecule has 2 aliphatic carbocycles. The zero-order valence-corrected chi connectivity index (χ0v) is 70.4. The van der Waals surface area contributed by atoms with Gasteiger partial charge in [0, 0.05) is 105 Å². The van der Waals surface area contributed by atoms with Crippen LogP contribution >= 0.6 is 11.3 Å². The van der Waals surface area contributed by atoms with E-state index in [4.69, 9.17) is 13.3 Å². The number of anilines is 6. The van der Waals surface area contributed by atoms with Gasteiger partial charge < -0.3 is 23.1 Å². The Morgan fingerprint density at radius 3 is 0.805 bits per heavy atom. The lowest BCUT2D eigenvalue weighted by atomic mass is 9.67. The Morgan fingerprint density at radius 2 is 0.430 bits per heavy atom. The second kappa shape index (κ2) is 30.3. The molecule has 0 radical (unpaired) electrons. The molecule has 5 nitrogen and oxygen atoms in total. The minimum atomic E-state index is -0.435. The number of rotatable bonds is 14. The number of nitrogens with zero attached hydrogens (tertiary/aromatic N) is 2. The number of furan rings is 3. The van der Waals surface area contributed by atoms with Gasteiger partial charge in [0.25, 0.3) is 0 Å². The first kappa shape index (κ1) is 74.3. The summed E-state index contributed by atoms with van der Waals surface area (Å²) in [5.74, 6) is 0. The van der Waals surface area contributed by atoms with Crippen LogP contribution in [0.3, 0.4) is 0 Å². The van der Waals surface area contributed by atoms with Crippen molar-refractivity contribution in [3.05, 3.63) is 518 Å². The molecule has 26 rings (SSSR count). The van der Waals surface area contributed by atoms with Crippen LogP contribution in [-0.4, -0.2) is 0 Å². The number of benzene rings is 20. The van der Waals surface area contributed by atoms with Crippen LogP contribution in [0.4, 0.5) is 34.1 Å². The molecule has 0 unspecified atom stereocenters. The quantitative estimate of drug-likeness (QED) is 0.109. The van der Waals surface area contributed by atoms with Crippen molar-refractivity contribution in [3.63, 3.8) is 0 Å². The lowest BCUT2D eigenvalue weighted by Crippen LogP contribution is -2.28. The van der Waals surface area contributed by atoms with Crippen molar-refractivity contribution in [2.24, 2.45) is 0 Å². The standard InChI is InChI=1S/C61H39NO2.C61H39NOS/c1-2-14-44(15-3-1)61(55-21-8-4-17-49(55)50-18-5-9-22-56(50)61)45-16-12-13-43(37-45)42-27-25-40(26-28-42)41-29-31-46(32-30-41)62(47-33-35-53-51-19-6-10-23-57(51)63-59(53)38-47)48-34-36-54-52-20-7-11-24-58(52)64-60(54)39-48;1-2-14-44(15-3-1)61(55-21-8-4-17-49(55)50-18-5-9-22-56(50)61)45-16-12-13-43(37-45)42-27-25-40(26-28-42)41-29-31-46(32-30-41)62(47-33-35-52-51-19-6-10-23-57(51)63-58(52)38-47)48-34-36-54-53-20-7-11-24-59(53)64-60(54)39-48/h2*1-39H.